The highest BCUT2D eigenvalue weighted by Crippen LogP contribution is 2.17. The van der Waals surface area contributed by atoms with Crippen molar-refractivity contribution in [1.29, 1.82) is 0 Å². The van der Waals surface area contributed by atoms with Crippen LogP contribution in [0.15, 0.2) is 24.3 Å². The number of anilines is 1. The van der Waals surface area contributed by atoms with Gasteiger partial charge in [-0.3, -0.25) is 4.79 Å². The maximum Gasteiger partial charge on any atom is 0.226 e. The highest BCUT2D eigenvalue weighted by molar-refractivity contribution is 5.92. The molecule has 0 spiro atoms. The van der Waals surface area contributed by atoms with E-state index in [2.05, 4.69) is 31.3 Å². The maximum absolute atomic E-state index is 12.0. The number of hydrogen-bond acceptors (Lipinski definition) is 2. The number of hydrogen-bond donors (Lipinski definition) is 1. The number of carbonyl (C=O) groups is 1. The Morgan fingerprint density at radius 2 is 1.89 bits per heavy atom. The van der Waals surface area contributed by atoms with Crippen molar-refractivity contribution in [2.45, 2.75) is 33.1 Å². The lowest BCUT2D eigenvalue weighted by Gasteiger charge is -2.18. The maximum atomic E-state index is 12.0. The first kappa shape index (κ1) is 15.7. The summed E-state index contributed by atoms with van der Waals surface area (Å²) in [6.45, 7) is 5.31. The normalized spacial score (nSPS) is 10.8. The monoisotopic (exact) mass is 262 g/mol. The third-order valence-corrected chi connectivity index (χ3v) is 3.16. The number of nitrogens with zero attached hydrogens (tertiary/aromatic N) is 1. The molecular formula is C16H26N2O. The van der Waals surface area contributed by atoms with E-state index in [1.807, 2.05) is 26.2 Å². The first-order valence-electron chi connectivity index (χ1n) is 7.04. The molecule has 0 bridgehead atoms. The third-order valence-electron chi connectivity index (χ3n) is 3.16. The van der Waals surface area contributed by atoms with Gasteiger partial charge in [-0.15, -0.1) is 0 Å². The van der Waals surface area contributed by atoms with Crippen molar-refractivity contribution in [3.05, 3.63) is 29.8 Å². The number of rotatable bonds is 7. The van der Waals surface area contributed by atoms with Crippen LogP contribution in [0.25, 0.3) is 0 Å². The fraction of sp³-hybridized carbons (Fsp3) is 0.562. The fourth-order valence-corrected chi connectivity index (χ4v) is 2.06. The van der Waals surface area contributed by atoms with Crippen molar-refractivity contribution in [1.82, 2.24) is 5.32 Å². The third kappa shape index (κ3) is 5.43. The molecule has 0 heterocycles. The molecule has 0 atom stereocenters. The van der Waals surface area contributed by atoms with E-state index in [9.17, 15) is 4.79 Å². The van der Waals surface area contributed by atoms with Crippen LogP contribution in [0.4, 0.5) is 5.69 Å². The van der Waals surface area contributed by atoms with Gasteiger partial charge in [0.15, 0.2) is 0 Å². The summed E-state index contributed by atoms with van der Waals surface area (Å²) in [5, 5.41) is 3.06. The van der Waals surface area contributed by atoms with Crippen LogP contribution in [0.5, 0.6) is 0 Å². The minimum atomic E-state index is 0.173. The minimum Gasteiger partial charge on any atom is -0.320 e. The Bertz CT molecular complexity index is 384. The van der Waals surface area contributed by atoms with Crippen molar-refractivity contribution < 1.29 is 4.79 Å². The topological polar surface area (TPSA) is 32.3 Å². The molecule has 0 aliphatic rings. The molecule has 0 aromatic heterocycles. The molecule has 0 saturated heterocycles. The summed E-state index contributed by atoms with van der Waals surface area (Å²) in [5.74, 6) is 0.832. The average Bonchev–Trinajstić information content (AvgIpc) is 2.38. The molecule has 3 heteroatoms. The summed E-state index contributed by atoms with van der Waals surface area (Å²) < 4.78 is 0. The molecule has 0 fully saturated rings. The Morgan fingerprint density at radius 3 is 2.42 bits per heavy atom. The highest BCUT2D eigenvalue weighted by atomic mass is 16.2. The van der Waals surface area contributed by atoms with Gasteiger partial charge in [-0.1, -0.05) is 26.0 Å². The van der Waals surface area contributed by atoms with Crippen molar-refractivity contribution in [2.75, 3.05) is 25.5 Å². The van der Waals surface area contributed by atoms with Gasteiger partial charge in [-0.05, 0) is 50.0 Å². The van der Waals surface area contributed by atoms with E-state index in [0.29, 0.717) is 12.3 Å². The Kier molecular flexibility index (Phi) is 6.57. The molecular weight excluding hydrogens is 236 g/mol. The van der Waals surface area contributed by atoms with Crippen molar-refractivity contribution in [3.8, 4) is 0 Å². The smallest absolute Gasteiger partial charge is 0.226 e. The van der Waals surface area contributed by atoms with E-state index in [0.717, 1.165) is 25.1 Å². The minimum absolute atomic E-state index is 0.173. The second-order valence-corrected chi connectivity index (χ2v) is 5.42. The standard InChI is InChI=1S/C16H26N2O/c1-13(2)12-14-7-9-15(10-8-14)18(4)16(19)6-5-11-17-3/h7-10,13,17H,5-6,11-12H2,1-4H3. The zero-order valence-corrected chi connectivity index (χ0v) is 12.6. The Labute approximate surface area is 117 Å². The van der Waals surface area contributed by atoms with Crippen LogP contribution in [0.2, 0.25) is 0 Å². The zero-order valence-electron chi connectivity index (χ0n) is 12.6. The number of nitrogens with one attached hydrogen (secondary N) is 1. The van der Waals surface area contributed by atoms with E-state index >= 15 is 0 Å². The molecule has 1 amide bonds. The number of amides is 1. The van der Waals surface area contributed by atoms with Crippen LogP contribution >= 0.6 is 0 Å². The average molecular weight is 262 g/mol. The lowest BCUT2D eigenvalue weighted by atomic mass is 10.0. The van der Waals surface area contributed by atoms with Gasteiger partial charge in [0.1, 0.15) is 0 Å². The lowest BCUT2D eigenvalue weighted by molar-refractivity contribution is -0.118. The lowest BCUT2D eigenvalue weighted by Crippen LogP contribution is -2.26. The molecule has 0 saturated carbocycles. The van der Waals surface area contributed by atoms with Crippen LogP contribution in [0.1, 0.15) is 32.3 Å². The van der Waals surface area contributed by atoms with E-state index in [-0.39, 0.29) is 5.91 Å². The summed E-state index contributed by atoms with van der Waals surface area (Å²) in [4.78, 5) is 13.7. The molecule has 1 aromatic rings. The summed E-state index contributed by atoms with van der Waals surface area (Å²) in [5.41, 5.74) is 2.30. The molecule has 106 valence electrons. The molecule has 0 radical (unpaired) electrons. The zero-order chi connectivity index (χ0) is 14.3. The molecule has 1 rings (SSSR count). The van der Waals surface area contributed by atoms with Crippen LogP contribution in [-0.2, 0) is 11.2 Å². The molecule has 1 aromatic carbocycles. The highest BCUT2D eigenvalue weighted by Gasteiger charge is 2.10. The van der Waals surface area contributed by atoms with Gasteiger partial charge in [-0.25, -0.2) is 0 Å². The molecule has 1 N–H and O–H groups in total. The molecule has 0 unspecified atom stereocenters. The molecule has 0 aliphatic heterocycles. The summed E-state index contributed by atoms with van der Waals surface area (Å²) in [6.07, 6.45) is 2.55. The van der Waals surface area contributed by atoms with Crippen LogP contribution < -0.4 is 10.2 Å². The van der Waals surface area contributed by atoms with Gasteiger partial charge >= 0.3 is 0 Å². The fourth-order valence-electron chi connectivity index (χ4n) is 2.06. The molecule has 3 nitrogen and oxygen atoms in total. The largest absolute Gasteiger partial charge is 0.320 e. The van der Waals surface area contributed by atoms with E-state index in [1.165, 1.54) is 5.56 Å². The predicted molar refractivity (Wildman–Crippen MR) is 81.6 cm³/mol. The van der Waals surface area contributed by atoms with Crippen LogP contribution in [0, 0.1) is 5.92 Å². The van der Waals surface area contributed by atoms with E-state index in [1.54, 1.807) is 4.90 Å². The molecule has 0 aliphatic carbocycles. The second kappa shape index (κ2) is 7.95. The van der Waals surface area contributed by atoms with Gasteiger partial charge in [0.2, 0.25) is 5.91 Å². The summed E-state index contributed by atoms with van der Waals surface area (Å²) in [7, 11) is 3.75. The van der Waals surface area contributed by atoms with Crippen molar-refractivity contribution in [3.63, 3.8) is 0 Å². The van der Waals surface area contributed by atoms with Crippen molar-refractivity contribution in [2.24, 2.45) is 5.92 Å². The SMILES string of the molecule is CNCCCC(=O)N(C)c1ccc(CC(C)C)cc1. The number of benzene rings is 1. The summed E-state index contributed by atoms with van der Waals surface area (Å²) in [6, 6.07) is 8.31. The van der Waals surface area contributed by atoms with E-state index < -0.39 is 0 Å². The van der Waals surface area contributed by atoms with Crippen LogP contribution in [0.3, 0.4) is 0 Å². The Hall–Kier alpha value is -1.35. The van der Waals surface area contributed by atoms with E-state index in [4.69, 9.17) is 0 Å². The first-order valence-corrected chi connectivity index (χ1v) is 7.04. The Morgan fingerprint density at radius 1 is 1.26 bits per heavy atom. The van der Waals surface area contributed by atoms with Gasteiger partial charge in [0.05, 0.1) is 0 Å². The van der Waals surface area contributed by atoms with Crippen LogP contribution in [-0.4, -0.2) is 26.5 Å². The molecule has 19 heavy (non-hydrogen) atoms. The van der Waals surface area contributed by atoms with Gasteiger partial charge in [0.25, 0.3) is 0 Å². The summed E-state index contributed by atoms with van der Waals surface area (Å²) >= 11 is 0. The first-order chi connectivity index (χ1) is 9.04. The Balaban J connectivity index is 2.56. The van der Waals surface area contributed by atoms with Crippen molar-refractivity contribution >= 4 is 11.6 Å². The van der Waals surface area contributed by atoms with Gasteiger partial charge in [0, 0.05) is 19.2 Å². The predicted octanol–water partition coefficient (Wildman–Crippen LogP) is 2.85. The number of carbonyl (C=O) groups excluding carboxylic acids is 1. The quantitative estimate of drug-likeness (QED) is 0.766. The second-order valence-electron chi connectivity index (χ2n) is 5.42. The van der Waals surface area contributed by atoms with Gasteiger partial charge < -0.3 is 10.2 Å². The van der Waals surface area contributed by atoms with Gasteiger partial charge in [-0.2, -0.15) is 0 Å².